The summed E-state index contributed by atoms with van der Waals surface area (Å²) in [5.41, 5.74) is 0. The van der Waals surface area contributed by atoms with Crippen LogP contribution in [0.25, 0.3) is 0 Å². The third-order valence-corrected chi connectivity index (χ3v) is 9.13. The van der Waals surface area contributed by atoms with E-state index >= 15 is 0 Å². The van der Waals surface area contributed by atoms with Crippen molar-refractivity contribution in [2.45, 2.75) is 219 Å². The number of unbranched alkanes of at least 4 members (excludes halogenated alkanes) is 21. The second kappa shape index (κ2) is 40.4. The van der Waals surface area contributed by atoms with Crippen LogP contribution in [-0.2, 0) is 28.6 Å². The number of ether oxygens (including phenoxy) is 3. The minimum atomic E-state index is -0.779. The largest absolute Gasteiger partial charge is 0.462 e. The van der Waals surface area contributed by atoms with Crippen LogP contribution in [0.4, 0.5) is 0 Å². The Morgan fingerprint density at radius 1 is 0.412 bits per heavy atom. The predicted molar refractivity (Wildman–Crippen MR) is 215 cm³/mol. The van der Waals surface area contributed by atoms with Gasteiger partial charge in [0.2, 0.25) is 0 Å². The van der Waals surface area contributed by atoms with Gasteiger partial charge >= 0.3 is 17.9 Å². The molecule has 0 rings (SSSR count). The van der Waals surface area contributed by atoms with Crippen LogP contribution in [0.5, 0.6) is 0 Å². The summed E-state index contributed by atoms with van der Waals surface area (Å²) >= 11 is 0. The molecule has 0 amide bonds. The molecule has 6 nitrogen and oxygen atoms in total. The Morgan fingerprint density at radius 3 is 1.29 bits per heavy atom. The second-order valence-corrected chi connectivity index (χ2v) is 14.2. The smallest absolute Gasteiger partial charge is 0.306 e. The Balaban J connectivity index is 4.37. The summed E-state index contributed by atoms with van der Waals surface area (Å²) in [5.74, 6) is -0.931. The molecule has 0 saturated heterocycles. The summed E-state index contributed by atoms with van der Waals surface area (Å²) in [6.07, 6.45) is 44.2. The molecular formula is C45H80O6. The highest BCUT2D eigenvalue weighted by molar-refractivity contribution is 5.71. The average molecular weight is 717 g/mol. The molecule has 0 bridgehead atoms. The van der Waals surface area contributed by atoms with Gasteiger partial charge < -0.3 is 14.2 Å². The number of carbonyl (C=O) groups is 3. The van der Waals surface area contributed by atoms with Crippen LogP contribution in [0.15, 0.2) is 36.5 Å². The molecular weight excluding hydrogens is 636 g/mol. The highest BCUT2D eigenvalue weighted by atomic mass is 16.6. The molecule has 0 aromatic heterocycles. The maximum absolute atomic E-state index is 12.6. The van der Waals surface area contributed by atoms with Gasteiger partial charge in [0.15, 0.2) is 6.10 Å². The van der Waals surface area contributed by atoms with Gasteiger partial charge in [-0.3, -0.25) is 14.4 Å². The van der Waals surface area contributed by atoms with E-state index in [-0.39, 0.29) is 31.1 Å². The Morgan fingerprint density at radius 2 is 0.784 bits per heavy atom. The fraction of sp³-hybridized carbons (Fsp3) is 0.800. The van der Waals surface area contributed by atoms with Crippen molar-refractivity contribution in [3.8, 4) is 0 Å². The molecule has 0 saturated carbocycles. The van der Waals surface area contributed by atoms with Gasteiger partial charge in [-0.2, -0.15) is 0 Å². The first-order valence-electron chi connectivity index (χ1n) is 21.5. The normalized spacial score (nSPS) is 12.3. The van der Waals surface area contributed by atoms with E-state index in [9.17, 15) is 14.4 Å². The van der Waals surface area contributed by atoms with Crippen molar-refractivity contribution >= 4 is 17.9 Å². The molecule has 0 aromatic carbocycles. The van der Waals surface area contributed by atoms with Crippen LogP contribution >= 0.6 is 0 Å². The monoisotopic (exact) mass is 717 g/mol. The molecule has 0 spiro atoms. The van der Waals surface area contributed by atoms with Crippen molar-refractivity contribution < 1.29 is 28.6 Å². The lowest BCUT2D eigenvalue weighted by atomic mass is 10.1. The van der Waals surface area contributed by atoms with E-state index in [1.165, 1.54) is 96.3 Å². The molecule has 51 heavy (non-hydrogen) atoms. The first kappa shape index (κ1) is 48.6. The Kier molecular flexibility index (Phi) is 38.5. The Bertz CT molecular complexity index is 876. The van der Waals surface area contributed by atoms with Gasteiger partial charge in [0.1, 0.15) is 13.2 Å². The molecule has 0 radical (unpaired) electrons. The number of hydrogen-bond acceptors (Lipinski definition) is 6. The third-order valence-electron chi connectivity index (χ3n) is 9.13. The van der Waals surface area contributed by atoms with Crippen molar-refractivity contribution in [3.63, 3.8) is 0 Å². The number of carbonyl (C=O) groups excluding carboxylic acids is 3. The minimum Gasteiger partial charge on any atom is -0.462 e. The lowest BCUT2D eigenvalue weighted by Crippen LogP contribution is -2.30. The van der Waals surface area contributed by atoms with Crippen molar-refractivity contribution in [1.29, 1.82) is 0 Å². The Hall–Kier alpha value is -2.37. The second-order valence-electron chi connectivity index (χ2n) is 14.2. The van der Waals surface area contributed by atoms with Gasteiger partial charge in [-0.1, -0.05) is 166 Å². The molecule has 296 valence electrons. The lowest BCUT2D eigenvalue weighted by molar-refractivity contribution is -0.167. The van der Waals surface area contributed by atoms with E-state index in [4.69, 9.17) is 14.2 Å². The minimum absolute atomic E-state index is 0.0833. The van der Waals surface area contributed by atoms with Crippen molar-refractivity contribution in [1.82, 2.24) is 0 Å². The summed E-state index contributed by atoms with van der Waals surface area (Å²) in [5, 5.41) is 0. The highest BCUT2D eigenvalue weighted by Gasteiger charge is 2.19. The zero-order valence-corrected chi connectivity index (χ0v) is 33.6. The first-order chi connectivity index (χ1) is 25.0. The maximum Gasteiger partial charge on any atom is 0.306 e. The molecule has 0 heterocycles. The molecule has 0 aliphatic heterocycles. The zero-order chi connectivity index (χ0) is 37.3. The van der Waals surface area contributed by atoms with Gasteiger partial charge in [0.05, 0.1) is 0 Å². The fourth-order valence-electron chi connectivity index (χ4n) is 5.89. The van der Waals surface area contributed by atoms with E-state index in [0.717, 1.165) is 77.0 Å². The predicted octanol–water partition coefficient (Wildman–Crippen LogP) is 13.4. The topological polar surface area (TPSA) is 78.9 Å². The van der Waals surface area contributed by atoms with Gasteiger partial charge in [-0.15, -0.1) is 0 Å². The summed E-state index contributed by atoms with van der Waals surface area (Å²) < 4.78 is 16.6. The standard InChI is InChI=1S/C45H80O6/c1-4-7-10-13-16-19-21-22-23-24-27-29-32-35-38-44(47)50-41-42(40-49-43(46)37-34-31-28-25-18-15-12-9-6-3)51-45(48)39-36-33-30-26-20-17-14-11-8-5-2/h7,10,16,19,25,28,42H,4-6,8-9,11-15,17-18,20-24,26-27,29-41H2,1-3H3/b10-7-,19-16-,28-25-. The van der Waals surface area contributed by atoms with E-state index in [1.807, 2.05) is 0 Å². The number of hydrogen-bond donors (Lipinski definition) is 0. The number of allylic oxidation sites excluding steroid dienone is 6. The van der Waals surface area contributed by atoms with Gasteiger partial charge in [0.25, 0.3) is 0 Å². The number of esters is 3. The van der Waals surface area contributed by atoms with E-state index in [2.05, 4.69) is 57.2 Å². The molecule has 0 N–H and O–H groups in total. The van der Waals surface area contributed by atoms with Crippen molar-refractivity contribution in [3.05, 3.63) is 36.5 Å². The van der Waals surface area contributed by atoms with Gasteiger partial charge in [-0.25, -0.2) is 0 Å². The van der Waals surface area contributed by atoms with Gasteiger partial charge in [0, 0.05) is 19.3 Å². The summed E-state index contributed by atoms with van der Waals surface area (Å²) in [6.45, 7) is 6.44. The molecule has 0 fully saturated rings. The first-order valence-corrected chi connectivity index (χ1v) is 21.5. The van der Waals surface area contributed by atoms with E-state index in [0.29, 0.717) is 19.3 Å². The van der Waals surface area contributed by atoms with Crippen molar-refractivity contribution in [2.24, 2.45) is 0 Å². The molecule has 0 aliphatic carbocycles. The van der Waals surface area contributed by atoms with Crippen LogP contribution in [0.1, 0.15) is 213 Å². The SMILES string of the molecule is CC/C=C\C/C=C\CCCCCCCCCC(=O)OCC(COC(=O)CCC/C=C\CCCCCC)OC(=O)CCCCCCCCCCCC. The summed E-state index contributed by atoms with van der Waals surface area (Å²) in [7, 11) is 0. The van der Waals surface area contributed by atoms with Crippen LogP contribution in [0.2, 0.25) is 0 Å². The van der Waals surface area contributed by atoms with Gasteiger partial charge in [-0.05, 0) is 64.2 Å². The number of rotatable bonds is 38. The summed E-state index contributed by atoms with van der Waals surface area (Å²) in [6, 6.07) is 0. The molecule has 1 unspecified atom stereocenters. The van der Waals surface area contributed by atoms with Crippen LogP contribution in [0, 0.1) is 0 Å². The lowest BCUT2D eigenvalue weighted by Gasteiger charge is -2.18. The fourth-order valence-corrected chi connectivity index (χ4v) is 5.89. The molecule has 0 aliphatic rings. The molecule has 1 atom stereocenters. The van der Waals surface area contributed by atoms with Crippen LogP contribution in [0.3, 0.4) is 0 Å². The third kappa shape index (κ3) is 38.7. The summed E-state index contributed by atoms with van der Waals surface area (Å²) in [4.78, 5) is 37.5. The maximum atomic E-state index is 12.6. The zero-order valence-electron chi connectivity index (χ0n) is 33.6. The molecule has 0 aromatic rings. The van der Waals surface area contributed by atoms with E-state index in [1.54, 1.807) is 0 Å². The van der Waals surface area contributed by atoms with Crippen LogP contribution in [-0.4, -0.2) is 37.2 Å². The van der Waals surface area contributed by atoms with Crippen LogP contribution < -0.4 is 0 Å². The molecule has 6 heteroatoms. The highest BCUT2D eigenvalue weighted by Crippen LogP contribution is 2.14. The average Bonchev–Trinajstić information content (AvgIpc) is 3.12. The quantitative estimate of drug-likeness (QED) is 0.0274. The van der Waals surface area contributed by atoms with E-state index < -0.39 is 6.10 Å². The Labute approximate surface area is 315 Å². The van der Waals surface area contributed by atoms with Crippen molar-refractivity contribution in [2.75, 3.05) is 13.2 Å².